The summed E-state index contributed by atoms with van der Waals surface area (Å²) in [5, 5.41) is 5.76. The van der Waals surface area contributed by atoms with Crippen molar-refractivity contribution < 1.29 is 13.2 Å². The summed E-state index contributed by atoms with van der Waals surface area (Å²) in [7, 11) is 0. The fourth-order valence-corrected chi connectivity index (χ4v) is 1.75. The Morgan fingerprint density at radius 3 is 2.29 bits per heavy atom. The standard InChI is InChI=1S/C9H15F3N2/c10-9(11,12)8(2-3-8)14-4-1-7-5-13-6-7/h7,13-14H,1-6H2. The molecule has 2 N–H and O–H groups in total. The fourth-order valence-electron chi connectivity index (χ4n) is 1.75. The first-order valence-corrected chi connectivity index (χ1v) is 5.06. The van der Waals surface area contributed by atoms with E-state index in [-0.39, 0.29) is 12.8 Å². The van der Waals surface area contributed by atoms with Crippen molar-refractivity contribution in [3.05, 3.63) is 0 Å². The Hall–Kier alpha value is -0.290. The number of halogens is 3. The molecule has 2 rings (SSSR count). The van der Waals surface area contributed by atoms with Gasteiger partial charge in [-0.05, 0) is 44.8 Å². The molecule has 0 unspecified atom stereocenters. The van der Waals surface area contributed by atoms with E-state index in [4.69, 9.17) is 0 Å². The summed E-state index contributed by atoms with van der Waals surface area (Å²) in [5.41, 5.74) is -1.52. The van der Waals surface area contributed by atoms with Crippen molar-refractivity contribution in [3.8, 4) is 0 Å². The van der Waals surface area contributed by atoms with Gasteiger partial charge in [-0.3, -0.25) is 0 Å². The molecule has 0 aromatic rings. The van der Waals surface area contributed by atoms with Crippen LogP contribution in [0.2, 0.25) is 0 Å². The van der Waals surface area contributed by atoms with Gasteiger partial charge in [0, 0.05) is 0 Å². The van der Waals surface area contributed by atoms with Crippen molar-refractivity contribution in [2.45, 2.75) is 31.0 Å². The molecule has 0 aromatic heterocycles. The maximum absolute atomic E-state index is 12.4. The normalized spacial score (nSPS) is 25.9. The van der Waals surface area contributed by atoms with Gasteiger partial charge in [0.05, 0.1) is 0 Å². The largest absolute Gasteiger partial charge is 0.406 e. The zero-order valence-electron chi connectivity index (χ0n) is 7.95. The summed E-state index contributed by atoms with van der Waals surface area (Å²) < 4.78 is 37.3. The SMILES string of the molecule is FC(F)(F)C1(NCCC2CNC2)CC1. The molecule has 1 aliphatic carbocycles. The Balaban J connectivity index is 1.69. The molecule has 2 fully saturated rings. The smallest absolute Gasteiger partial charge is 0.316 e. The zero-order valence-corrected chi connectivity index (χ0v) is 7.95. The van der Waals surface area contributed by atoms with E-state index in [0.717, 1.165) is 19.5 Å². The van der Waals surface area contributed by atoms with Crippen molar-refractivity contribution in [2.24, 2.45) is 5.92 Å². The second kappa shape index (κ2) is 3.38. The third kappa shape index (κ3) is 1.88. The van der Waals surface area contributed by atoms with Crippen LogP contribution in [0.15, 0.2) is 0 Å². The number of hydrogen-bond acceptors (Lipinski definition) is 2. The van der Waals surface area contributed by atoms with Crippen molar-refractivity contribution in [1.29, 1.82) is 0 Å². The molecular formula is C9H15F3N2. The van der Waals surface area contributed by atoms with E-state index in [1.54, 1.807) is 0 Å². The van der Waals surface area contributed by atoms with Crippen LogP contribution in [0, 0.1) is 5.92 Å². The first kappa shape index (κ1) is 10.2. The molecule has 82 valence electrons. The van der Waals surface area contributed by atoms with Crippen molar-refractivity contribution in [1.82, 2.24) is 10.6 Å². The minimum absolute atomic E-state index is 0.249. The maximum Gasteiger partial charge on any atom is 0.406 e. The molecule has 0 aromatic carbocycles. The Labute approximate surface area is 81.2 Å². The molecular weight excluding hydrogens is 193 g/mol. The van der Waals surface area contributed by atoms with Gasteiger partial charge >= 0.3 is 6.18 Å². The lowest BCUT2D eigenvalue weighted by atomic mass is 9.99. The summed E-state index contributed by atoms with van der Waals surface area (Å²) in [6.07, 6.45) is -2.71. The third-order valence-electron chi connectivity index (χ3n) is 3.17. The Morgan fingerprint density at radius 2 is 1.93 bits per heavy atom. The third-order valence-corrected chi connectivity index (χ3v) is 3.17. The van der Waals surface area contributed by atoms with Gasteiger partial charge in [-0.25, -0.2) is 0 Å². The van der Waals surface area contributed by atoms with Crippen LogP contribution in [0.3, 0.4) is 0 Å². The molecule has 1 saturated carbocycles. The van der Waals surface area contributed by atoms with Gasteiger partial charge in [-0.15, -0.1) is 0 Å². The van der Waals surface area contributed by atoms with Crippen LogP contribution in [0.4, 0.5) is 13.2 Å². The lowest BCUT2D eigenvalue weighted by Crippen LogP contribution is -2.48. The molecule has 0 bridgehead atoms. The monoisotopic (exact) mass is 208 g/mol. The van der Waals surface area contributed by atoms with Crippen LogP contribution >= 0.6 is 0 Å². The first-order chi connectivity index (χ1) is 6.54. The highest BCUT2D eigenvalue weighted by atomic mass is 19.4. The predicted molar refractivity (Wildman–Crippen MR) is 47.0 cm³/mol. The highest BCUT2D eigenvalue weighted by molar-refractivity contribution is 5.07. The quantitative estimate of drug-likeness (QED) is 0.727. The molecule has 0 radical (unpaired) electrons. The van der Waals surface area contributed by atoms with Gasteiger partial charge in [0.2, 0.25) is 0 Å². The lowest BCUT2D eigenvalue weighted by Gasteiger charge is -2.28. The summed E-state index contributed by atoms with van der Waals surface area (Å²) in [6.45, 7) is 2.41. The van der Waals surface area contributed by atoms with Gasteiger partial charge in [0.1, 0.15) is 5.54 Å². The Kier molecular flexibility index (Phi) is 2.47. The van der Waals surface area contributed by atoms with E-state index in [2.05, 4.69) is 10.6 Å². The number of nitrogens with one attached hydrogen (secondary N) is 2. The molecule has 5 heteroatoms. The van der Waals surface area contributed by atoms with Crippen LogP contribution in [-0.2, 0) is 0 Å². The van der Waals surface area contributed by atoms with E-state index < -0.39 is 11.7 Å². The topological polar surface area (TPSA) is 24.1 Å². The first-order valence-electron chi connectivity index (χ1n) is 5.06. The second-order valence-electron chi connectivity index (χ2n) is 4.32. The summed E-state index contributed by atoms with van der Waals surface area (Å²) in [4.78, 5) is 0. The Bertz CT molecular complexity index is 207. The Morgan fingerprint density at radius 1 is 1.29 bits per heavy atom. The average molecular weight is 208 g/mol. The van der Waals surface area contributed by atoms with Gasteiger partial charge < -0.3 is 10.6 Å². The molecule has 1 heterocycles. The van der Waals surface area contributed by atoms with Crippen LogP contribution in [-0.4, -0.2) is 31.3 Å². The van der Waals surface area contributed by atoms with Crippen LogP contribution < -0.4 is 10.6 Å². The van der Waals surface area contributed by atoms with Crippen LogP contribution in [0.1, 0.15) is 19.3 Å². The highest BCUT2D eigenvalue weighted by Crippen LogP contribution is 2.48. The molecule has 0 spiro atoms. The van der Waals surface area contributed by atoms with Gasteiger partial charge in [0.25, 0.3) is 0 Å². The van der Waals surface area contributed by atoms with E-state index >= 15 is 0 Å². The van der Waals surface area contributed by atoms with E-state index in [1.807, 2.05) is 0 Å². The van der Waals surface area contributed by atoms with E-state index in [1.165, 1.54) is 0 Å². The zero-order chi connectivity index (χ0) is 10.2. The average Bonchev–Trinajstić information content (AvgIpc) is 2.73. The van der Waals surface area contributed by atoms with Crippen molar-refractivity contribution >= 4 is 0 Å². The molecule has 14 heavy (non-hydrogen) atoms. The summed E-state index contributed by atoms with van der Waals surface area (Å²) in [5.74, 6) is 0.575. The molecule has 1 saturated heterocycles. The van der Waals surface area contributed by atoms with Gasteiger partial charge in [-0.2, -0.15) is 13.2 Å². The highest BCUT2D eigenvalue weighted by Gasteiger charge is 2.62. The van der Waals surface area contributed by atoms with Crippen molar-refractivity contribution in [2.75, 3.05) is 19.6 Å². The minimum Gasteiger partial charge on any atom is -0.316 e. The van der Waals surface area contributed by atoms with Gasteiger partial charge in [0.15, 0.2) is 0 Å². The van der Waals surface area contributed by atoms with E-state index in [0.29, 0.717) is 12.5 Å². The molecule has 2 nitrogen and oxygen atoms in total. The predicted octanol–water partition coefficient (Wildman–Crippen LogP) is 1.28. The molecule has 1 aliphatic heterocycles. The fraction of sp³-hybridized carbons (Fsp3) is 1.00. The van der Waals surface area contributed by atoms with E-state index in [9.17, 15) is 13.2 Å². The second-order valence-corrected chi connectivity index (χ2v) is 4.32. The van der Waals surface area contributed by atoms with Crippen molar-refractivity contribution in [3.63, 3.8) is 0 Å². The lowest BCUT2D eigenvalue weighted by molar-refractivity contribution is -0.165. The molecule has 0 amide bonds. The van der Waals surface area contributed by atoms with Gasteiger partial charge in [-0.1, -0.05) is 0 Å². The summed E-state index contributed by atoms with van der Waals surface area (Å²) >= 11 is 0. The maximum atomic E-state index is 12.4. The number of hydrogen-bond donors (Lipinski definition) is 2. The number of alkyl halides is 3. The van der Waals surface area contributed by atoms with Crippen LogP contribution in [0.25, 0.3) is 0 Å². The molecule has 0 atom stereocenters. The molecule has 2 aliphatic rings. The van der Waals surface area contributed by atoms with Crippen LogP contribution in [0.5, 0.6) is 0 Å². The summed E-state index contributed by atoms with van der Waals surface area (Å²) in [6, 6.07) is 0. The number of rotatable bonds is 4. The minimum atomic E-state index is -4.06.